The summed E-state index contributed by atoms with van der Waals surface area (Å²) in [5, 5.41) is 10.7. The van der Waals surface area contributed by atoms with Crippen LogP contribution in [0.1, 0.15) is 32.1 Å². The first kappa shape index (κ1) is 24.0. The van der Waals surface area contributed by atoms with Crippen LogP contribution >= 0.6 is 0 Å². The lowest BCUT2D eigenvalue weighted by Crippen LogP contribution is -2.67. The Morgan fingerprint density at radius 1 is 1.09 bits per heavy atom. The van der Waals surface area contributed by atoms with E-state index in [0.29, 0.717) is 30.5 Å². The van der Waals surface area contributed by atoms with Gasteiger partial charge in [0.2, 0.25) is 10.0 Å². The van der Waals surface area contributed by atoms with Crippen LogP contribution in [0.15, 0.2) is 0 Å². The molecule has 5 heterocycles. The smallest absolute Gasteiger partial charge is 0.217 e. The van der Waals surface area contributed by atoms with E-state index in [1.165, 1.54) is 38.8 Å². The average Bonchev–Trinajstić information content (AvgIpc) is 3.18. The number of methoxy groups -OCH3 is 1. The summed E-state index contributed by atoms with van der Waals surface area (Å²) in [6.07, 6.45) is 6.23. The minimum atomic E-state index is -3.54. The molecule has 1 spiro atoms. The minimum Gasteiger partial charge on any atom is -0.365 e. The highest BCUT2D eigenvalue weighted by molar-refractivity contribution is 7.90. The second-order valence-corrected chi connectivity index (χ2v) is 13.5. The van der Waals surface area contributed by atoms with Crippen molar-refractivity contribution in [2.24, 2.45) is 11.3 Å². The number of nitrogens with one attached hydrogen (secondary N) is 5. The first-order chi connectivity index (χ1) is 16.4. The molecule has 0 aromatic heterocycles. The number of ether oxygens (including phenoxy) is 1. The number of nitrogens with zero attached hydrogens (tertiary/aromatic N) is 3. The Morgan fingerprint density at radius 2 is 1.94 bits per heavy atom. The maximum absolute atomic E-state index is 13.5. The molecule has 34 heavy (non-hydrogen) atoms. The van der Waals surface area contributed by atoms with Gasteiger partial charge in [-0.15, -0.1) is 0 Å². The summed E-state index contributed by atoms with van der Waals surface area (Å²) in [7, 11) is 0.0822. The van der Waals surface area contributed by atoms with E-state index in [9.17, 15) is 8.42 Å². The predicted octanol–water partition coefficient (Wildman–Crippen LogP) is -1.96. The Balaban J connectivity index is 1.08. The van der Waals surface area contributed by atoms with Crippen molar-refractivity contribution in [3.63, 3.8) is 0 Å². The van der Waals surface area contributed by atoms with Crippen molar-refractivity contribution in [3.8, 4) is 0 Å². The molecule has 6 rings (SSSR count). The van der Waals surface area contributed by atoms with Crippen LogP contribution in [0.4, 0.5) is 0 Å². The lowest BCUT2D eigenvalue weighted by molar-refractivity contribution is -0.0106. The summed E-state index contributed by atoms with van der Waals surface area (Å²) < 4.78 is 35.7. The maximum atomic E-state index is 13.5. The lowest BCUT2D eigenvalue weighted by atomic mass is 9.90. The third kappa shape index (κ3) is 4.44. The van der Waals surface area contributed by atoms with Gasteiger partial charge in [0.1, 0.15) is 11.5 Å². The maximum Gasteiger partial charge on any atom is 0.217 e. The van der Waals surface area contributed by atoms with Crippen LogP contribution in [0.2, 0.25) is 0 Å². The van der Waals surface area contributed by atoms with Crippen LogP contribution in [0.25, 0.3) is 0 Å². The predicted molar refractivity (Wildman–Crippen MR) is 129 cm³/mol. The third-order valence-corrected chi connectivity index (χ3v) is 11.2. The summed E-state index contributed by atoms with van der Waals surface area (Å²) in [4.78, 5) is 2.70. The van der Waals surface area contributed by atoms with Gasteiger partial charge in [0.05, 0.1) is 12.2 Å². The van der Waals surface area contributed by atoms with Crippen molar-refractivity contribution >= 4 is 10.0 Å². The van der Waals surface area contributed by atoms with Crippen molar-refractivity contribution in [1.82, 2.24) is 41.1 Å². The van der Waals surface area contributed by atoms with Gasteiger partial charge in [-0.3, -0.25) is 21.1 Å². The van der Waals surface area contributed by atoms with Crippen LogP contribution in [-0.2, 0) is 14.8 Å². The number of fused-ring (bicyclic) bond motifs is 1. The van der Waals surface area contributed by atoms with E-state index in [2.05, 4.69) is 36.1 Å². The van der Waals surface area contributed by atoms with Gasteiger partial charge in [0.25, 0.3) is 0 Å². The highest BCUT2D eigenvalue weighted by atomic mass is 32.2. The summed E-state index contributed by atoms with van der Waals surface area (Å²) >= 11 is 0. The van der Waals surface area contributed by atoms with Crippen LogP contribution in [0, 0.1) is 11.3 Å². The van der Waals surface area contributed by atoms with Gasteiger partial charge in [0.15, 0.2) is 0 Å². The standard InChI is InChI=1S/C22H42N8O3S/c1-28-20-15(11-25-28)10-24-21(33-2)19(20)27-34(31,32)17-12-26-30(13-17)18-9-16(3-7-23-18)29-8-6-22(14-29)4-5-22/h15-21,23-27H,3-14H2,1-2H3. The molecule has 1 aliphatic carbocycles. The van der Waals surface area contributed by atoms with Crippen molar-refractivity contribution < 1.29 is 13.2 Å². The monoisotopic (exact) mass is 498 g/mol. The van der Waals surface area contributed by atoms with E-state index < -0.39 is 15.3 Å². The molecule has 0 bridgehead atoms. The molecular formula is C22H42N8O3S. The van der Waals surface area contributed by atoms with Crippen LogP contribution in [0.5, 0.6) is 0 Å². The zero-order valence-electron chi connectivity index (χ0n) is 20.5. The Bertz CT molecular complexity index is 857. The molecule has 7 atom stereocenters. The van der Waals surface area contributed by atoms with Crippen molar-refractivity contribution in [1.29, 1.82) is 0 Å². The highest BCUT2D eigenvalue weighted by Crippen LogP contribution is 2.53. The fourth-order valence-electron chi connectivity index (χ4n) is 7.08. The zero-order valence-corrected chi connectivity index (χ0v) is 21.3. The largest absolute Gasteiger partial charge is 0.365 e. The Morgan fingerprint density at radius 3 is 2.71 bits per heavy atom. The minimum absolute atomic E-state index is 0.0578. The first-order valence-electron chi connectivity index (χ1n) is 13.1. The summed E-state index contributed by atoms with van der Waals surface area (Å²) in [5.41, 5.74) is 7.40. The number of sulfonamides is 1. The second kappa shape index (κ2) is 9.16. The molecule has 5 saturated heterocycles. The quantitative estimate of drug-likeness (QED) is 0.283. The molecule has 0 amide bonds. The van der Waals surface area contributed by atoms with Gasteiger partial charge >= 0.3 is 0 Å². The van der Waals surface area contributed by atoms with E-state index in [-0.39, 0.29) is 24.5 Å². The fraction of sp³-hybridized carbons (Fsp3) is 1.00. The van der Waals surface area contributed by atoms with Gasteiger partial charge in [-0.05, 0) is 50.6 Å². The number of hydrogen-bond acceptors (Lipinski definition) is 10. The SMILES string of the molecule is COC1NCC2CNN(C)C2C1NS(=O)(=O)C1CNN(C2CC(N3CCC4(CC4)C3)CCN2)C1. The second-order valence-electron chi connectivity index (χ2n) is 11.5. The van der Waals surface area contributed by atoms with E-state index in [0.717, 1.165) is 26.1 Å². The van der Waals surface area contributed by atoms with E-state index in [1.54, 1.807) is 7.11 Å². The van der Waals surface area contributed by atoms with E-state index in [1.807, 2.05) is 12.1 Å². The molecule has 0 aromatic carbocycles. The first-order valence-corrected chi connectivity index (χ1v) is 14.6. The molecule has 12 heteroatoms. The Hall–Kier alpha value is -0.410. The average molecular weight is 499 g/mol. The number of likely N-dealkylation sites (tertiary alicyclic amines) is 1. The highest BCUT2D eigenvalue weighted by Gasteiger charge is 2.50. The molecule has 6 aliphatic rings. The summed E-state index contributed by atoms with van der Waals surface area (Å²) in [6, 6.07) is 0.312. The topological polar surface area (TPSA) is 113 Å². The number of piperidine rings is 2. The number of hydrogen-bond donors (Lipinski definition) is 5. The van der Waals surface area contributed by atoms with E-state index in [4.69, 9.17) is 4.74 Å². The molecule has 5 aliphatic heterocycles. The lowest BCUT2D eigenvalue weighted by Gasteiger charge is -2.42. The molecule has 0 aromatic rings. The third-order valence-electron chi connectivity index (χ3n) is 9.39. The summed E-state index contributed by atoms with van der Waals surface area (Å²) in [6.45, 7) is 6.05. The molecular weight excluding hydrogens is 456 g/mol. The van der Waals surface area contributed by atoms with Crippen LogP contribution in [-0.4, -0.2) is 119 Å². The van der Waals surface area contributed by atoms with Crippen molar-refractivity contribution in [2.75, 3.05) is 60.0 Å². The van der Waals surface area contributed by atoms with Gasteiger partial charge in [0, 0.05) is 64.9 Å². The van der Waals surface area contributed by atoms with Crippen LogP contribution in [0.3, 0.4) is 0 Å². The van der Waals surface area contributed by atoms with Gasteiger partial charge in [-0.2, -0.15) is 0 Å². The molecule has 0 radical (unpaired) electrons. The summed E-state index contributed by atoms with van der Waals surface area (Å²) in [5.74, 6) is 0.339. The number of rotatable bonds is 6. The molecule has 6 fully saturated rings. The Kier molecular flexibility index (Phi) is 6.45. The molecule has 194 valence electrons. The number of likely N-dealkylation sites (N-methyl/N-ethyl adjacent to an activating group) is 1. The molecule has 7 unspecified atom stereocenters. The number of hydrazine groups is 2. The van der Waals surface area contributed by atoms with Crippen LogP contribution < -0.4 is 26.2 Å². The molecule has 11 nitrogen and oxygen atoms in total. The zero-order chi connectivity index (χ0) is 23.5. The van der Waals surface area contributed by atoms with Crippen molar-refractivity contribution in [3.05, 3.63) is 0 Å². The van der Waals surface area contributed by atoms with Gasteiger partial charge < -0.3 is 10.1 Å². The van der Waals surface area contributed by atoms with E-state index >= 15 is 0 Å². The van der Waals surface area contributed by atoms with Gasteiger partial charge in [-0.1, -0.05) is 0 Å². The Labute approximate surface area is 203 Å². The fourth-order valence-corrected chi connectivity index (χ4v) is 8.56. The molecule has 1 saturated carbocycles. The van der Waals surface area contributed by atoms with Crippen molar-refractivity contribution in [2.45, 2.75) is 67.9 Å². The molecule has 5 N–H and O–H groups in total. The van der Waals surface area contributed by atoms with Gasteiger partial charge in [-0.25, -0.2) is 23.2 Å². The normalized spacial score (nSPS) is 43.5.